The summed E-state index contributed by atoms with van der Waals surface area (Å²) in [7, 11) is 0. The summed E-state index contributed by atoms with van der Waals surface area (Å²) < 4.78 is 1.29. The minimum atomic E-state index is 0.810. The smallest absolute Gasteiger partial charge is 0.0158 e. The first-order valence-electron chi connectivity index (χ1n) is 7.24. The fraction of sp³-hybridized carbons (Fsp3) is 0.529. The Bertz CT molecular complexity index is 433. The summed E-state index contributed by atoms with van der Waals surface area (Å²) in [6, 6.07) is 8.92. The van der Waals surface area contributed by atoms with E-state index in [0.717, 1.165) is 11.2 Å². The Balaban J connectivity index is 2.01. The molecule has 2 atom stereocenters. The van der Waals surface area contributed by atoms with Crippen molar-refractivity contribution < 1.29 is 0 Å². The van der Waals surface area contributed by atoms with Gasteiger partial charge in [-0.25, -0.2) is 0 Å². The highest BCUT2D eigenvalue weighted by molar-refractivity contribution is 14.1. The van der Waals surface area contributed by atoms with E-state index in [-0.39, 0.29) is 0 Å². The molecular weight excluding hydrogens is 363 g/mol. The molecule has 0 saturated heterocycles. The van der Waals surface area contributed by atoms with Crippen LogP contribution in [-0.2, 0) is 0 Å². The molecule has 0 aliphatic carbocycles. The van der Waals surface area contributed by atoms with Gasteiger partial charge in [0.1, 0.15) is 0 Å². The van der Waals surface area contributed by atoms with Gasteiger partial charge in [0.2, 0.25) is 0 Å². The van der Waals surface area contributed by atoms with Crippen LogP contribution in [0.2, 0.25) is 0 Å². The van der Waals surface area contributed by atoms with Crippen LogP contribution in [0, 0.1) is 12.8 Å². The third-order valence-corrected chi connectivity index (χ3v) is 5.94. The Morgan fingerprint density at radius 1 is 1.37 bits per heavy atom. The predicted octanol–water partition coefficient (Wildman–Crippen LogP) is 6.08. The Labute approximate surface area is 135 Å². The second-order valence-corrected chi connectivity index (χ2v) is 7.72. The van der Waals surface area contributed by atoms with Gasteiger partial charge in [-0.1, -0.05) is 71.8 Å². The maximum atomic E-state index is 2.52. The zero-order chi connectivity index (χ0) is 13.7. The lowest BCUT2D eigenvalue weighted by molar-refractivity contribution is 0.456. The van der Waals surface area contributed by atoms with Crippen LogP contribution in [0.1, 0.15) is 43.7 Å². The first-order chi connectivity index (χ1) is 9.24. The molecule has 2 unspecified atom stereocenters. The zero-order valence-corrected chi connectivity index (χ0v) is 14.8. The molecular formula is C17H23IS. The minimum Gasteiger partial charge on any atom is -0.122 e. The second-order valence-electron chi connectivity index (χ2n) is 5.36. The molecule has 0 spiro atoms. The van der Waals surface area contributed by atoms with Gasteiger partial charge < -0.3 is 0 Å². The highest BCUT2D eigenvalue weighted by Gasteiger charge is 2.26. The Hall–Kier alpha value is 0.0400. The normalized spacial score (nSPS) is 20.4. The first kappa shape index (κ1) is 15.4. The second kappa shape index (κ2) is 7.72. The standard InChI is InChI=1S/C17H23IS/c1-3-5-14(10-11-18)16-8-9-17(19-16)15-7-4-6-13(2)12-15/h4,6-7,9,12,14,16H,3,5,8,10-11H2,1-2H3. The van der Waals surface area contributed by atoms with Gasteiger partial charge in [-0.2, -0.15) is 0 Å². The average molecular weight is 386 g/mol. The van der Waals surface area contributed by atoms with Crippen molar-refractivity contribution in [1.29, 1.82) is 0 Å². The van der Waals surface area contributed by atoms with E-state index < -0.39 is 0 Å². The average Bonchev–Trinajstić information content (AvgIpc) is 2.88. The van der Waals surface area contributed by atoms with Crippen molar-refractivity contribution in [2.75, 3.05) is 4.43 Å². The third-order valence-electron chi connectivity index (χ3n) is 3.78. The van der Waals surface area contributed by atoms with Crippen LogP contribution in [0.3, 0.4) is 0 Å². The molecule has 2 heteroatoms. The Kier molecular flexibility index (Phi) is 6.27. The molecule has 0 N–H and O–H groups in total. The van der Waals surface area contributed by atoms with Crippen molar-refractivity contribution in [2.24, 2.45) is 5.92 Å². The summed E-state index contributed by atoms with van der Waals surface area (Å²) in [5, 5.41) is 0.810. The maximum Gasteiger partial charge on any atom is 0.0158 e. The van der Waals surface area contributed by atoms with Crippen molar-refractivity contribution in [3.8, 4) is 0 Å². The number of allylic oxidation sites excluding steroid dienone is 1. The quantitative estimate of drug-likeness (QED) is 0.422. The van der Waals surface area contributed by atoms with E-state index in [0.29, 0.717) is 0 Å². The zero-order valence-electron chi connectivity index (χ0n) is 11.9. The van der Waals surface area contributed by atoms with Crippen LogP contribution in [0.25, 0.3) is 4.91 Å². The van der Waals surface area contributed by atoms with Crippen LogP contribution in [-0.4, -0.2) is 9.68 Å². The summed E-state index contributed by atoms with van der Waals surface area (Å²) >= 11 is 4.64. The number of alkyl halides is 1. The maximum absolute atomic E-state index is 2.52. The number of hydrogen-bond donors (Lipinski definition) is 0. The van der Waals surface area contributed by atoms with Gasteiger partial charge in [0.25, 0.3) is 0 Å². The van der Waals surface area contributed by atoms with E-state index in [2.05, 4.69) is 78.5 Å². The van der Waals surface area contributed by atoms with Crippen molar-refractivity contribution in [3.05, 3.63) is 41.5 Å². The van der Waals surface area contributed by atoms with E-state index >= 15 is 0 Å². The van der Waals surface area contributed by atoms with E-state index in [9.17, 15) is 0 Å². The predicted molar refractivity (Wildman–Crippen MR) is 97.1 cm³/mol. The van der Waals surface area contributed by atoms with Crippen molar-refractivity contribution in [1.82, 2.24) is 0 Å². The molecule has 1 aliphatic rings. The molecule has 19 heavy (non-hydrogen) atoms. The van der Waals surface area contributed by atoms with Crippen LogP contribution in [0.15, 0.2) is 30.3 Å². The topological polar surface area (TPSA) is 0 Å². The monoisotopic (exact) mass is 386 g/mol. The number of benzene rings is 1. The summed E-state index contributed by atoms with van der Waals surface area (Å²) in [5.74, 6) is 0.894. The number of thioether (sulfide) groups is 1. The van der Waals surface area contributed by atoms with Crippen LogP contribution < -0.4 is 0 Å². The largest absolute Gasteiger partial charge is 0.122 e. The van der Waals surface area contributed by atoms with Crippen LogP contribution >= 0.6 is 34.4 Å². The Morgan fingerprint density at radius 3 is 2.89 bits per heavy atom. The van der Waals surface area contributed by atoms with Crippen LogP contribution in [0.4, 0.5) is 0 Å². The van der Waals surface area contributed by atoms with Gasteiger partial charge in [0.05, 0.1) is 0 Å². The first-order valence-corrected chi connectivity index (χ1v) is 9.65. The highest BCUT2D eigenvalue weighted by atomic mass is 127. The molecule has 0 amide bonds. The molecule has 1 aliphatic heterocycles. The molecule has 1 heterocycles. The fourth-order valence-corrected chi connectivity index (χ4v) is 5.02. The molecule has 0 fully saturated rings. The minimum absolute atomic E-state index is 0.810. The van der Waals surface area contributed by atoms with Gasteiger partial charge >= 0.3 is 0 Å². The van der Waals surface area contributed by atoms with Gasteiger partial charge in [-0.15, -0.1) is 11.8 Å². The van der Waals surface area contributed by atoms with E-state index in [1.54, 1.807) is 0 Å². The Morgan fingerprint density at radius 2 is 2.21 bits per heavy atom. The number of aryl methyl sites for hydroxylation is 1. The molecule has 0 nitrogen and oxygen atoms in total. The van der Waals surface area contributed by atoms with Gasteiger partial charge in [-0.3, -0.25) is 0 Å². The third kappa shape index (κ3) is 4.25. The number of halogens is 1. The van der Waals surface area contributed by atoms with E-state index in [1.807, 2.05) is 0 Å². The van der Waals surface area contributed by atoms with E-state index in [4.69, 9.17) is 0 Å². The summed E-state index contributed by atoms with van der Waals surface area (Å²) in [5.41, 5.74) is 2.78. The molecule has 1 aromatic rings. The SMILES string of the molecule is CCCC(CCI)C1CC=C(c2cccc(C)c2)S1. The van der Waals surface area contributed by atoms with Gasteiger partial charge in [0, 0.05) is 10.2 Å². The lowest BCUT2D eigenvalue weighted by Gasteiger charge is -2.22. The molecule has 0 bridgehead atoms. The van der Waals surface area contributed by atoms with Gasteiger partial charge in [-0.05, 0) is 42.1 Å². The van der Waals surface area contributed by atoms with Crippen LogP contribution in [0.5, 0.6) is 0 Å². The molecule has 0 saturated carbocycles. The lowest BCUT2D eigenvalue weighted by atomic mass is 9.95. The molecule has 1 aromatic carbocycles. The molecule has 2 rings (SSSR count). The number of hydrogen-bond acceptors (Lipinski definition) is 1. The summed E-state index contributed by atoms with van der Waals surface area (Å²) in [4.78, 5) is 1.50. The lowest BCUT2D eigenvalue weighted by Crippen LogP contribution is -2.15. The van der Waals surface area contributed by atoms with Crippen molar-refractivity contribution in [2.45, 2.75) is 44.8 Å². The van der Waals surface area contributed by atoms with Gasteiger partial charge in [0.15, 0.2) is 0 Å². The van der Waals surface area contributed by atoms with Crippen molar-refractivity contribution in [3.63, 3.8) is 0 Å². The fourth-order valence-electron chi connectivity index (χ4n) is 2.78. The molecule has 0 radical (unpaired) electrons. The van der Waals surface area contributed by atoms with E-state index in [1.165, 1.54) is 46.1 Å². The summed E-state index contributed by atoms with van der Waals surface area (Å²) in [6.07, 6.45) is 7.80. The number of rotatable bonds is 6. The molecule has 104 valence electrons. The van der Waals surface area contributed by atoms with Crippen molar-refractivity contribution >= 4 is 39.3 Å². The highest BCUT2D eigenvalue weighted by Crippen LogP contribution is 2.44. The summed E-state index contributed by atoms with van der Waals surface area (Å²) in [6.45, 7) is 4.49. The molecule has 0 aromatic heterocycles.